The van der Waals surface area contributed by atoms with Crippen molar-refractivity contribution in [2.75, 3.05) is 6.54 Å². The Morgan fingerprint density at radius 2 is 1.80 bits per heavy atom. The van der Waals surface area contributed by atoms with Gasteiger partial charge in [0.05, 0.1) is 0 Å². The Kier molecular flexibility index (Phi) is 3.91. The van der Waals surface area contributed by atoms with E-state index in [2.05, 4.69) is 0 Å². The molecule has 0 aliphatic rings. The molecule has 0 spiro atoms. The molecule has 1 rings (SSSR count). The average Bonchev–Trinajstić information content (AvgIpc) is 2.22. The molecule has 2 N–H and O–H groups in total. The van der Waals surface area contributed by atoms with Crippen molar-refractivity contribution in [2.45, 2.75) is 13.3 Å². The molecule has 0 saturated carbocycles. The van der Waals surface area contributed by atoms with Crippen LogP contribution in [0.2, 0.25) is 0 Å². The zero-order valence-corrected chi connectivity index (χ0v) is 8.36. The zero-order valence-electron chi connectivity index (χ0n) is 8.36. The minimum atomic E-state index is -1.45. The van der Waals surface area contributed by atoms with Gasteiger partial charge in [-0.25, -0.2) is 13.2 Å². The minimum absolute atomic E-state index is 0.286. The van der Waals surface area contributed by atoms with Crippen molar-refractivity contribution in [1.82, 2.24) is 0 Å². The maximum atomic E-state index is 12.8. The van der Waals surface area contributed by atoms with E-state index in [4.69, 9.17) is 5.73 Å². The van der Waals surface area contributed by atoms with Gasteiger partial charge in [0.25, 0.3) is 0 Å². The van der Waals surface area contributed by atoms with E-state index in [0.29, 0.717) is 13.0 Å². The molecule has 0 atom stereocenters. The molecular weight excluding hydrogens is 203 g/mol. The Hall–Kier alpha value is -1.29. The molecule has 0 heterocycles. The van der Waals surface area contributed by atoms with Crippen LogP contribution in [0.25, 0.3) is 6.08 Å². The molecule has 0 amide bonds. The first kappa shape index (κ1) is 11.8. The lowest BCUT2D eigenvalue weighted by Crippen LogP contribution is -2.02. The highest BCUT2D eigenvalue weighted by atomic mass is 19.2. The molecule has 0 saturated heterocycles. The highest BCUT2D eigenvalue weighted by Crippen LogP contribution is 2.16. The second-order valence-electron chi connectivity index (χ2n) is 3.16. The maximum absolute atomic E-state index is 12.8. The van der Waals surface area contributed by atoms with Crippen LogP contribution in [0.4, 0.5) is 13.2 Å². The maximum Gasteiger partial charge on any atom is 0.194 e. The predicted octanol–water partition coefficient (Wildman–Crippen LogP) is 2.86. The fraction of sp³-hybridized carbons (Fsp3) is 0.273. The van der Waals surface area contributed by atoms with Crippen LogP contribution in [0.15, 0.2) is 17.7 Å². The molecule has 1 aromatic rings. The van der Waals surface area contributed by atoms with Gasteiger partial charge in [-0.2, -0.15) is 0 Å². The Morgan fingerprint density at radius 1 is 1.27 bits per heavy atom. The minimum Gasteiger partial charge on any atom is -0.327 e. The number of benzene rings is 1. The van der Waals surface area contributed by atoms with Gasteiger partial charge in [-0.15, -0.1) is 0 Å². The highest BCUT2D eigenvalue weighted by molar-refractivity contribution is 5.53. The first-order valence-electron chi connectivity index (χ1n) is 4.62. The van der Waals surface area contributed by atoms with Crippen LogP contribution < -0.4 is 5.73 Å². The molecule has 0 aliphatic carbocycles. The molecular formula is C11H12F3N. The second kappa shape index (κ2) is 4.98. The third-order valence-electron chi connectivity index (χ3n) is 2.09. The lowest BCUT2D eigenvalue weighted by atomic mass is 10.1. The summed E-state index contributed by atoms with van der Waals surface area (Å²) < 4.78 is 38.3. The Balaban J connectivity index is 3.11. The summed E-state index contributed by atoms with van der Waals surface area (Å²) in [5.74, 6) is -3.82. The number of hydrogen-bond acceptors (Lipinski definition) is 1. The van der Waals surface area contributed by atoms with Gasteiger partial charge in [0.2, 0.25) is 0 Å². The van der Waals surface area contributed by atoms with Crippen molar-refractivity contribution in [3.8, 4) is 0 Å². The summed E-state index contributed by atoms with van der Waals surface area (Å²) in [6.07, 6.45) is 2.25. The standard InChI is InChI=1S/C11H12F3N/c1-2-7(6-15)3-8-4-9(12)11(14)10(13)5-8/h3-5H,2,6,15H2,1H3. The van der Waals surface area contributed by atoms with Crippen LogP contribution in [0.1, 0.15) is 18.9 Å². The zero-order chi connectivity index (χ0) is 11.4. The van der Waals surface area contributed by atoms with Crippen LogP contribution in [0.5, 0.6) is 0 Å². The van der Waals surface area contributed by atoms with E-state index in [1.807, 2.05) is 6.92 Å². The van der Waals surface area contributed by atoms with Crippen LogP contribution in [-0.4, -0.2) is 6.54 Å². The van der Waals surface area contributed by atoms with Gasteiger partial charge in [0.15, 0.2) is 17.5 Å². The van der Waals surface area contributed by atoms with Gasteiger partial charge in [-0.3, -0.25) is 0 Å². The van der Waals surface area contributed by atoms with Crippen molar-refractivity contribution in [3.63, 3.8) is 0 Å². The van der Waals surface area contributed by atoms with E-state index in [9.17, 15) is 13.2 Å². The molecule has 0 radical (unpaired) electrons. The predicted molar refractivity (Wildman–Crippen MR) is 53.6 cm³/mol. The van der Waals surface area contributed by atoms with E-state index >= 15 is 0 Å². The van der Waals surface area contributed by atoms with E-state index in [-0.39, 0.29) is 5.56 Å². The molecule has 0 bridgehead atoms. The molecule has 0 aromatic heterocycles. The Bertz CT molecular complexity index is 356. The van der Waals surface area contributed by atoms with Gasteiger partial charge in [0.1, 0.15) is 0 Å². The Morgan fingerprint density at radius 3 is 2.20 bits per heavy atom. The number of hydrogen-bond donors (Lipinski definition) is 1. The van der Waals surface area contributed by atoms with Gasteiger partial charge in [-0.1, -0.05) is 18.6 Å². The normalized spacial score (nSPS) is 11.9. The van der Waals surface area contributed by atoms with Gasteiger partial charge in [0, 0.05) is 6.54 Å². The van der Waals surface area contributed by atoms with Crippen molar-refractivity contribution in [1.29, 1.82) is 0 Å². The topological polar surface area (TPSA) is 26.0 Å². The largest absolute Gasteiger partial charge is 0.327 e. The molecule has 4 heteroatoms. The summed E-state index contributed by atoms with van der Waals surface area (Å²) in [4.78, 5) is 0. The molecule has 82 valence electrons. The molecule has 1 aromatic carbocycles. The first-order chi connectivity index (χ1) is 7.08. The molecule has 0 aliphatic heterocycles. The average molecular weight is 215 g/mol. The van der Waals surface area contributed by atoms with E-state index in [1.165, 1.54) is 0 Å². The van der Waals surface area contributed by atoms with Crippen molar-refractivity contribution in [3.05, 3.63) is 40.7 Å². The number of halogens is 3. The van der Waals surface area contributed by atoms with E-state index in [0.717, 1.165) is 17.7 Å². The van der Waals surface area contributed by atoms with Gasteiger partial charge < -0.3 is 5.73 Å². The van der Waals surface area contributed by atoms with Crippen LogP contribution in [-0.2, 0) is 0 Å². The third kappa shape index (κ3) is 2.83. The fourth-order valence-corrected chi connectivity index (χ4v) is 1.20. The van der Waals surface area contributed by atoms with Gasteiger partial charge >= 0.3 is 0 Å². The molecule has 15 heavy (non-hydrogen) atoms. The summed E-state index contributed by atoms with van der Waals surface area (Å²) >= 11 is 0. The van der Waals surface area contributed by atoms with Crippen molar-refractivity contribution < 1.29 is 13.2 Å². The summed E-state index contributed by atoms with van der Waals surface area (Å²) in [5, 5.41) is 0. The van der Waals surface area contributed by atoms with Crippen LogP contribution in [0, 0.1) is 17.5 Å². The highest BCUT2D eigenvalue weighted by Gasteiger charge is 2.09. The molecule has 0 fully saturated rings. The quantitative estimate of drug-likeness (QED) is 0.771. The van der Waals surface area contributed by atoms with Crippen LogP contribution in [0.3, 0.4) is 0 Å². The van der Waals surface area contributed by atoms with Gasteiger partial charge in [-0.05, 0) is 24.1 Å². The summed E-state index contributed by atoms with van der Waals surface area (Å²) in [5.41, 5.74) is 6.54. The first-order valence-corrected chi connectivity index (χ1v) is 4.62. The summed E-state index contributed by atoms with van der Waals surface area (Å²) in [7, 11) is 0. The molecule has 1 nitrogen and oxygen atoms in total. The third-order valence-corrected chi connectivity index (χ3v) is 2.09. The van der Waals surface area contributed by atoms with Crippen molar-refractivity contribution in [2.24, 2.45) is 5.73 Å². The fourth-order valence-electron chi connectivity index (χ4n) is 1.20. The second-order valence-corrected chi connectivity index (χ2v) is 3.16. The lowest BCUT2D eigenvalue weighted by molar-refractivity contribution is 0.447. The lowest BCUT2D eigenvalue weighted by Gasteiger charge is -2.02. The number of nitrogens with two attached hydrogens (primary N) is 1. The SMILES string of the molecule is CCC(=Cc1cc(F)c(F)c(F)c1)CN. The molecule has 0 unspecified atom stereocenters. The number of rotatable bonds is 3. The summed E-state index contributed by atoms with van der Waals surface area (Å²) in [6.45, 7) is 2.20. The van der Waals surface area contributed by atoms with Crippen molar-refractivity contribution >= 4 is 6.08 Å². The monoisotopic (exact) mass is 215 g/mol. The smallest absolute Gasteiger partial charge is 0.194 e. The summed E-state index contributed by atoms with van der Waals surface area (Å²) in [6, 6.07) is 1.90. The van der Waals surface area contributed by atoms with Crippen LogP contribution >= 0.6 is 0 Å². The van der Waals surface area contributed by atoms with E-state index < -0.39 is 17.5 Å². The Labute approximate surface area is 86.4 Å². The van der Waals surface area contributed by atoms with E-state index in [1.54, 1.807) is 6.08 Å².